The number of halogens is 1. The quantitative estimate of drug-likeness (QED) is 0.372. The van der Waals surface area contributed by atoms with E-state index < -0.39 is 34.5 Å². The summed E-state index contributed by atoms with van der Waals surface area (Å²) in [6.07, 6.45) is -1.22. The van der Waals surface area contributed by atoms with Crippen LogP contribution in [0.2, 0.25) is 5.02 Å². The van der Waals surface area contributed by atoms with Crippen LogP contribution in [0, 0.1) is 10.1 Å². The monoisotopic (exact) mass is 463 g/mol. The van der Waals surface area contributed by atoms with E-state index in [1.807, 2.05) is 0 Å². The fraction of sp³-hybridized carbons (Fsp3) is 0.286. The molecule has 32 heavy (non-hydrogen) atoms. The Morgan fingerprint density at radius 3 is 2.28 bits per heavy atom. The van der Waals surface area contributed by atoms with E-state index in [9.17, 15) is 24.5 Å². The first-order valence-corrected chi connectivity index (χ1v) is 9.79. The van der Waals surface area contributed by atoms with Crippen LogP contribution in [0.4, 0.5) is 10.5 Å². The zero-order chi connectivity index (χ0) is 24.1. The second-order valence-corrected chi connectivity index (χ2v) is 8.17. The number of esters is 1. The van der Waals surface area contributed by atoms with Gasteiger partial charge in [0.15, 0.2) is 6.10 Å². The van der Waals surface area contributed by atoms with Gasteiger partial charge in [-0.15, -0.1) is 0 Å². The van der Waals surface area contributed by atoms with Crippen LogP contribution in [0.1, 0.15) is 38.1 Å². The molecule has 10 nitrogen and oxygen atoms in total. The molecule has 0 saturated carbocycles. The number of hydrogen-bond donors (Lipinski definition) is 2. The first kappa shape index (κ1) is 24.6. The molecule has 0 bridgehead atoms. The van der Waals surface area contributed by atoms with E-state index >= 15 is 0 Å². The Balaban J connectivity index is 1.99. The van der Waals surface area contributed by atoms with Crippen molar-refractivity contribution in [2.24, 2.45) is 0 Å². The molecule has 2 aromatic carbocycles. The summed E-state index contributed by atoms with van der Waals surface area (Å²) >= 11 is 5.78. The smallest absolute Gasteiger partial charge is 0.338 e. The second-order valence-electron chi connectivity index (χ2n) is 7.74. The third-order valence-electron chi connectivity index (χ3n) is 3.81. The zero-order valence-corrected chi connectivity index (χ0v) is 18.6. The maximum atomic E-state index is 12.3. The fourth-order valence-electron chi connectivity index (χ4n) is 2.37. The van der Waals surface area contributed by atoms with Gasteiger partial charge in [-0.1, -0.05) is 11.6 Å². The third-order valence-corrected chi connectivity index (χ3v) is 4.05. The first-order valence-electron chi connectivity index (χ1n) is 9.41. The summed E-state index contributed by atoms with van der Waals surface area (Å²) in [6, 6.07) is 8.84. The molecule has 0 fully saturated rings. The number of nitrogens with one attached hydrogen (secondary N) is 2. The van der Waals surface area contributed by atoms with Crippen LogP contribution in [-0.2, 0) is 9.53 Å². The van der Waals surface area contributed by atoms with E-state index in [2.05, 4.69) is 10.6 Å². The van der Waals surface area contributed by atoms with Crippen molar-refractivity contribution in [3.63, 3.8) is 0 Å². The van der Waals surface area contributed by atoms with Crippen molar-refractivity contribution in [2.45, 2.75) is 39.3 Å². The van der Waals surface area contributed by atoms with Gasteiger partial charge in [0.05, 0.1) is 10.5 Å². The predicted molar refractivity (Wildman–Crippen MR) is 116 cm³/mol. The van der Waals surface area contributed by atoms with E-state index in [4.69, 9.17) is 21.1 Å². The molecule has 1 atom stereocenters. The molecule has 1 unspecified atom stereocenters. The topological polar surface area (TPSA) is 137 Å². The van der Waals surface area contributed by atoms with E-state index in [0.29, 0.717) is 0 Å². The highest BCUT2D eigenvalue weighted by Crippen LogP contribution is 2.33. The van der Waals surface area contributed by atoms with E-state index in [1.54, 1.807) is 20.8 Å². The Labute approximate surface area is 189 Å². The molecule has 3 amide bonds. The SMILES string of the molecule is CC(OC(=O)c1ccc(Oc2ccc(Cl)cc2[N+](=O)[O-])cc1)C(=O)NC(=O)NC(C)(C)C. The lowest BCUT2D eigenvalue weighted by atomic mass is 10.1. The van der Waals surface area contributed by atoms with Gasteiger partial charge in [-0.05, 0) is 64.1 Å². The summed E-state index contributed by atoms with van der Waals surface area (Å²) in [5.41, 5.74) is -0.737. The maximum Gasteiger partial charge on any atom is 0.338 e. The van der Waals surface area contributed by atoms with Crippen molar-refractivity contribution in [1.29, 1.82) is 0 Å². The van der Waals surface area contributed by atoms with Crippen molar-refractivity contribution < 1.29 is 28.8 Å². The van der Waals surface area contributed by atoms with Crippen LogP contribution in [-0.4, -0.2) is 34.5 Å². The molecule has 0 radical (unpaired) electrons. The Bertz CT molecular complexity index is 1030. The summed E-state index contributed by atoms with van der Waals surface area (Å²) in [5, 5.41) is 16.0. The number of rotatable bonds is 6. The van der Waals surface area contributed by atoms with Crippen molar-refractivity contribution in [2.75, 3.05) is 0 Å². The van der Waals surface area contributed by atoms with Crippen LogP contribution < -0.4 is 15.4 Å². The Hall–Kier alpha value is -3.66. The highest BCUT2D eigenvalue weighted by molar-refractivity contribution is 6.30. The highest BCUT2D eigenvalue weighted by atomic mass is 35.5. The van der Waals surface area contributed by atoms with Crippen molar-refractivity contribution in [3.8, 4) is 11.5 Å². The number of nitrogens with zero attached hydrogens (tertiary/aromatic N) is 1. The van der Waals surface area contributed by atoms with Gasteiger partial charge in [0.1, 0.15) is 5.75 Å². The summed E-state index contributed by atoms with van der Waals surface area (Å²) in [6.45, 7) is 6.58. The number of carbonyl (C=O) groups is 3. The molecular formula is C21H22ClN3O7. The number of carbonyl (C=O) groups excluding carboxylic acids is 3. The molecule has 2 rings (SSSR count). The summed E-state index contributed by atoms with van der Waals surface area (Å²) in [7, 11) is 0. The molecular weight excluding hydrogens is 442 g/mol. The van der Waals surface area contributed by atoms with Gasteiger partial charge >= 0.3 is 17.7 Å². The molecule has 0 aromatic heterocycles. The van der Waals surface area contributed by atoms with E-state index in [0.717, 1.165) is 6.07 Å². The van der Waals surface area contributed by atoms with Crippen LogP contribution in [0.5, 0.6) is 11.5 Å². The minimum absolute atomic E-state index is 0.0199. The van der Waals surface area contributed by atoms with Crippen molar-refractivity contribution in [1.82, 2.24) is 10.6 Å². The molecule has 2 aromatic rings. The average Bonchev–Trinajstić information content (AvgIpc) is 2.68. The number of hydrogen-bond acceptors (Lipinski definition) is 7. The number of ether oxygens (including phenoxy) is 2. The van der Waals surface area contributed by atoms with E-state index in [1.165, 1.54) is 43.3 Å². The third kappa shape index (κ3) is 7.24. The molecule has 0 spiro atoms. The van der Waals surface area contributed by atoms with E-state index in [-0.39, 0.29) is 27.8 Å². The highest BCUT2D eigenvalue weighted by Gasteiger charge is 2.23. The number of nitro groups is 1. The van der Waals surface area contributed by atoms with Crippen molar-refractivity contribution >= 4 is 35.2 Å². The van der Waals surface area contributed by atoms with Crippen LogP contribution in [0.3, 0.4) is 0 Å². The Kier molecular flexibility index (Phi) is 7.77. The predicted octanol–water partition coefficient (Wildman–Crippen LogP) is 4.21. The molecule has 0 aliphatic heterocycles. The van der Waals surface area contributed by atoms with Crippen LogP contribution in [0.25, 0.3) is 0 Å². The molecule has 11 heteroatoms. The maximum absolute atomic E-state index is 12.3. The normalized spacial score (nSPS) is 11.8. The van der Waals surface area contributed by atoms with Gasteiger partial charge in [0, 0.05) is 16.6 Å². The molecule has 0 saturated heterocycles. The molecule has 0 aliphatic rings. The zero-order valence-electron chi connectivity index (χ0n) is 17.8. The Morgan fingerprint density at radius 1 is 1.09 bits per heavy atom. The minimum atomic E-state index is -1.22. The van der Waals surface area contributed by atoms with Crippen molar-refractivity contribution in [3.05, 3.63) is 63.2 Å². The number of nitro benzene ring substituents is 1. The Morgan fingerprint density at radius 2 is 1.72 bits per heavy atom. The lowest BCUT2D eigenvalue weighted by Gasteiger charge is -2.21. The van der Waals surface area contributed by atoms with Gasteiger partial charge in [0.25, 0.3) is 5.91 Å². The van der Waals surface area contributed by atoms with Gasteiger partial charge in [-0.3, -0.25) is 20.2 Å². The summed E-state index contributed by atoms with van der Waals surface area (Å²) < 4.78 is 10.6. The lowest BCUT2D eigenvalue weighted by Crippen LogP contribution is -2.50. The van der Waals surface area contributed by atoms with Gasteiger partial charge in [-0.25, -0.2) is 9.59 Å². The molecule has 170 valence electrons. The molecule has 2 N–H and O–H groups in total. The molecule has 0 heterocycles. The van der Waals surface area contributed by atoms with Gasteiger partial charge in [-0.2, -0.15) is 0 Å². The first-order chi connectivity index (χ1) is 14.9. The standard InChI is InChI=1S/C21H22ClN3O7/c1-12(18(26)23-20(28)24-21(2,3)4)31-19(27)13-5-8-15(9-6-13)32-17-10-7-14(22)11-16(17)25(29)30/h5-12H,1-4H3,(H2,23,24,26,28). The number of benzene rings is 2. The average molecular weight is 464 g/mol. The minimum Gasteiger partial charge on any atom is -0.450 e. The van der Waals surface area contributed by atoms with Crippen LogP contribution >= 0.6 is 11.6 Å². The summed E-state index contributed by atoms with van der Waals surface area (Å²) in [5.74, 6) is -1.37. The van der Waals surface area contributed by atoms with Crippen LogP contribution in [0.15, 0.2) is 42.5 Å². The number of amides is 3. The molecule has 0 aliphatic carbocycles. The number of imide groups is 1. The lowest BCUT2D eigenvalue weighted by molar-refractivity contribution is -0.385. The second kappa shape index (κ2) is 10.1. The van der Waals surface area contributed by atoms with Gasteiger partial charge in [0.2, 0.25) is 5.75 Å². The largest absolute Gasteiger partial charge is 0.450 e. The summed E-state index contributed by atoms with van der Waals surface area (Å²) in [4.78, 5) is 46.6. The van der Waals surface area contributed by atoms with Gasteiger partial charge < -0.3 is 14.8 Å². The fourth-order valence-corrected chi connectivity index (χ4v) is 2.54. The number of urea groups is 1.